The normalized spacial score (nSPS) is 11.9. The molecule has 7 heteroatoms. The highest BCUT2D eigenvalue weighted by atomic mass is 16.6. The predicted molar refractivity (Wildman–Crippen MR) is 139 cm³/mol. The van der Waals surface area contributed by atoms with Gasteiger partial charge in [-0.3, -0.25) is 9.59 Å². The Morgan fingerprint density at radius 3 is 1.72 bits per heavy atom. The Kier molecular flexibility index (Phi) is 15.2. The predicted octanol–water partition coefficient (Wildman–Crippen LogP) is 4.78. The summed E-state index contributed by atoms with van der Waals surface area (Å²) < 4.78 is 22.2. The van der Waals surface area contributed by atoms with Gasteiger partial charge in [0, 0.05) is 32.6 Å². The third-order valence-electron chi connectivity index (χ3n) is 5.36. The summed E-state index contributed by atoms with van der Waals surface area (Å²) in [6, 6.07) is 20.0. The Balaban J connectivity index is 1.53. The van der Waals surface area contributed by atoms with Gasteiger partial charge in [-0.15, -0.1) is 0 Å². The van der Waals surface area contributed by atoms with Crippen molar-refractivity contribution in [2.75, 3.05) is 40.5 Å². The van der Waals surface area contributed by atoms with E-state index in [4.69, 9.17) is 18.9 Å². The SMILES string of the molecule is CN(C)CC(COC(=O)CCCCOCc1ccccc1)OC(=O)CCCCOCc1ccccc1. The summed E-state index contributed by atoms with van der Waals surface area (Å²) in [5.74, 6) is -0.565. The first kappa shape index (κ1) is 29.5. The number of unbranched alkanes of at least 4 members (excludes halogenated alkanes) is 2. The second kappa shape index (κ2) is 18.5. The number of rotatable bonds is 19. The maximum Gasteiger partial charge on any atom is 0.306 e. The van der Waals surface area contributed by atoms with Crippen LogP contribution in [-0.2, 0) is 41.8 Å². The molecule has 0 heterocycles. The van der Waals surface area contributed by atoms with E-state index in [1.165, 1.54) is 0 Å². The minimum Gasteiger partial charge on any atom is -0.462 e. The number of ether oxygens (including phenoxy) is 4. The number of likely N-dealkylation sites (N-methyl/N-ethyl adjacent to an activating group) is 1. The van der Waals surface area contributed by atoms with Crippen LogP contribution in [0.1, 0.15) is 49.7 Å². The first-order valence-electron chi connectivity index (χ1n) is 12.8. The van der Waals surface area contributed by atoms with E-state index in [1.807, 2.05) is 79.7 Å². The summed E-state index contributed by atoms with van der Waals surface area (Å²) >= 11 is 0. The van der Waals surface area contributed by atoms with Crippen LogP contribution in [0, 0.1) is 0 Å². The molecule has 1 unspecified atom stereocenters. The van der Waals surface area contributed by atoms with E-state index in [0.29, 0.717) is 58.7 Å². The van der Waals surface area contributed by atoms with Crippen LogP contribution in [0.15, 0.2) is 60.7 Å². The zero-order valence-corrected chi connectivity index (χ0v) is 21.7. The number of hydrogen-bond acceptors (Lipinski definition) is 7. The van der Waals surface area contributed by atoms with Crippen LogP contribution < -0.4 is 0 Å². The fraction of sp³-hybridized carbons (Fsp3) is 0.517. The molecule has 0 saturated carbocycles. The molecule has 0 aromatic heterocycles. The van der Waals surface area contributed by atoms with Crippen LogP contribution in [0.2, 0.25) is 0 Å². The third-order valence-corrected chi connectivity index (χ3v) is 5.36. The van der Waals surface area contributed by atoms with Crippen molar-refractivity contribution in [1.82, 2.24) is 4.90 Å². The Bertz CT molecular complexity index is 843. The lowest BCUT2D eigenvalue weighted by Gasteiger charge is -2.21. The third kappa shape index (κ3) is 14.6. The highest BCUT2D eigenvalue weighted by Crippen LogP contribution is 2.07. The minimum absolute atomic E-state index is 0.0629. The van der Waals surface area contributed by atoms with E-state index in [0.717, 1.165) is 24.0 Å². The molecule has 1 atom stereocenters. The van der Waals surface area contributed by atoms with E-state index in [2.05, 4.69) is 0 Å². The zero-order valence-electron chi connectivity index (χ0n) is 21.7. The van der Waals surface area contributed by atoms with E-state index < -0.39 is 6.10 Å². The van der Waals surface area contributed by atoms with Gasteiger partial charge < -0.3 is 23.8 Å². The van der Waals surface area contributed by atoms with Crippen molar-refractivity contribution in [3.63, 3.8) is 0 Å². The van der Waals surface area contributed by atoms with Gasteiger partial charge in [0.05, 0.1) is 13.2 Å². The van der Waals surface area contributed by atoms with Gasteiger partial charge in [-0.2, -0.15) is 0 Å². The fourth-order valence-electron chi connectivity index (χ4n) is 3.51. The highest BCUT2D eigenvalue weighted by Gasteiger charge is 2.18. The lowest BCUT2D eigenvalue weighted by atomic mass is 10.2. The second-order valence-corrected chi connectivity index (χ2v) is 9.05. The van der Waals surface area contributed by atoms with Crippen molar-refractivity contribution in [1.29, 1.82) is 0 Å². The van der Waals surface area contributed by atoms with Gasteiger partial charge in [-0.1, -0.05) is 60.7 Å². The van der Waals surface area contributed by atoms with Gasteiger partial charge in [0.25, 0.3) is 0 Å². The summed E-state index contributed by atoms with van der Waals surface area (Å²) in [5, 5.41) is 0. The Labute approximate surface area is 215 Å². The molecule has 0 N–H and O–H groups in total. The second-order valence-electron chi connectivity index (χ2n) is 9.05. The molecule has 0 saturated heterocycles. The van der Waals surface area contributed by atoms with Gasteiger partial charge in [-0.25, -0.2) is 0 Å². The quantitative estimate of drug-likeness (QED) is 0.203. The number of hydrogen-bond donors (Lipinski definition) is 0. The van der Waals surface area contributed by atoms with Crippen molar-refractivity contribution in [2.24, 2.45) is 0 Å². The summed E-state index contributed by atoms with van der Waals surface area (Å²) in [5.41, 5.74) is 2.27. The molecule has 7 nitrogen and oxygen atoms in total. The lowest BCUT2D eigenvalue weighted by molar-refractivity contribution is -0.160. The van der Waals surface area contributed by atoms with Crippen molar-refractivity contribution in [3.8, 4) is 0 Å². The van der Waals surface area contributed by atoms with E-state index in [-0.39, 0.29) is 18.5 Å². The van der Waals surface area contributed by atoms with Gasteiger partial charge >= 0.3 is 11.9 Å². The molecule has 36 heavy (non-hydrogen) atoms. The molecule has 198 valence electrons. The number of carbonyl (C=O) groups excluding carboxylic acids is 2. The van der Waals surface area contributed by atoms with Gasteiger partial charge in [-0.05, 0) is 50.9 Å². The molecule has 0 fully saturated rings. The molecule has 2 aromatic carbocycles. The molecule has 0 radical (unpaired) electrons. The number of carbonyl (C=O) groups is 2. The first-order chi connectivity index (χ1) is 17.5. The van der Waals surface area contributed by atoms with Crippen molar-refractivity contribution >= 4 is 11.9 Å². The minimum atomic E-state index is -0.486. The van der Waals surface area contributed by atoms with Crippen LogP contribution in [-0.4, -0.2) is 63.4 Å². The fourth-order valence-corrected chi connectivity index (χ4v) is 3.51. The van der Waals surface area contributed by atoms with Gasteiger partial charge in [0.15, 0.2) is 0 Å². The summed E-state index contributed by atoms with van der Waals surface area (Å²) in [6.07, 6.45) is 3.10. The highest BCUT2D eigenvalue weighted by molar-refractivity contribution is 5.70. The van der Waals surface area contributed by atoms with Crippen LogP contribution >= 0.6 is 0 Å². The number of esters is 2. The van der Waals surface area contributed by atoms with Gasteiger partial charge in [0.2, 0.25) is 0 Å². The largest absolute Gasteiger partial charge is 0.462 e. The molecular formula is C29H41NO6. The Morgan fingerprint density at radius 1 is 0.722 bits per heavy atom. The van der Waals surface area contributed by atoms with E-state index >= 15 is 0 Å². The molecule has 0 aliphatic carbocycles. The maximum absolute atomic E-state index is 12.3. The average Bonchev–Trinajstić information content (AvgIpc) is 2.87. The summed E-state index contributed by atoms with van der Waals surface area (Å²) in [4.78, 5) is 26.3. The van der Waals surface area contributed by atoms with Crippen molar-refractivity contribution < 1.29 is 28.5 Å². The summed E-state index contributed by atoms with van der Waals surface area (Å²) in [7, 11) is 3.78. The number of benzene rings is 2. The molecule has 0 bridgehead atoms. The first-order valence-corrected chi connectivity index (χ1v) is 12.8. The van der Waals surface area contributed by atoms with Crippen LogP contribution in [0.3, 0.4) is 0 Å². The van der Waals surface area contributed by atoms with E-state index in [1.54, 1.807) is 0 Å². The summed E-state index contributed by atoms with van der Waals surface area (Å²) in [6.45, 7) is 2.89. The topological polar surface area (TPSA) is 74.3 Å². The van der Waals surface area contributed by atoms with E-state index in [9.17, 15) is 9.59 Å². The Morgan fingerprint density at radius 2 is 1.22 bits per heavy atom. The van der Waals surface area contributed by atoms with Crippen molar-refractivity contribution in [3.05, 3.63) is 71.8 Å². The smallest absolute Gasteiger partial charge is 0.306 e. The molecular weight excluding hydrogens is 458 g/mol. The molecule has 0 aliphatic rings. The molecule has 0 aliphatic heterocycles. The molecule has 0 spiro atoms. The number of nitrogens with zero attached hydrogens (tertiary/aromatic N) is 1. The molecule has 2 aromatic rings. The lowest BCUT2D eigenvalue weighted by Crippen LogP contribution is -2.34. The zero-order chi connectivity index (χ0) is 25.8. The average molecular weight is 500 g/mol. The standard InChI is InChI=1S/C29H41NO6/c1-30(2)21-27(36-29(32)18-10-12-20-34-23-26-15-7-4-8-16-26)24-35-28(31)17-9-11-19-33-22-25-13-5-3-6-14-25/h3-8,13-16,27H,9-12,17-24H2,1-2H3. The monoisotopic (exact) mass is 499 g/mol. The molecule has 0 amide bonds. The van der Waals surface area contributed by atoms with Gasteiger partial charge in [0.1, 0.15) is 12.7 Å². The maximum atomic E-state index is 12.3. The Hall–Kier alpha value is -2.74. The van der Waals surface area contributed by atoms with Crippen LogP contribution in [0.5, 0.6) is 0 Å². The van der Waals surface area contributed by atoms with Crippen LogP contribution in [0.25, 0.3) is 0 Å². The molecule has 2 rings (SSSR count). The van der Waals surface area contributed by atoms with Crippen molar-refractivity contribution in [2.45, 2.75) is 57.8 Å². The van der Waals surface area contributed by atoms with Crippen LogP contribution in [0.4, 0.5) is 0 Å².